The Hall–Kier alpha value is -1.06. The number of hydrogen-bond acceptors (Lipinski definition) is 2. The Bertz CT molecular complexity index is 525. The SMILES string of the molecule is CN(C(=O)Cc1ccc(Cl)cc1)C1CCCC[C@@H]1N1CCCC1. The minimum Gasteiger partial charge on any atom is -0.341 e. The molecule has 0 aromatic heterocycles. The van der Waals surface area contributed by atoms with Gasteiger partial charge in [0.1, 0.15) is 0 Å². The van der Waals surface area contributed by atoms with Gasteiger partial charge in [-0.1, -0.05) is 36.6 Å². The highest BCUT2D eigenvalue weighted by Gasteiger charge is 2.35. The number of likely N-dealkylation sites (tertiary alicyclic amines) is 1. The van der Waals surface area contributed by atoms with Gasteiger partial charge < -0.3 is 4.90 Å². The first-order valence-electron chi connectivity index (χ1n) is 8.89. The van der Waals surface area contributed by atoms with E-state index in [1.165, 1.54) is 45.2 Å². The smallest absolute Gasteiger partial charge is 0.227 e. The summed E-state index contributed by atoms with van der Waals surface area (Å²) < 4.78 is 0. The Morgan fingerprint density at radius 2 is 1.78 bits per heavy atom. The number of carbonyl (C=O) groups is 1. The third-order valence-corrected chi connectivity index (χ3v) is 5.72. The maximum absolute atomic E-state index is 12.7. The normalized spacial score (nSPS) is 25.5. The fourth-order valence-corrected chi connectivity index (χ4v) is 4.26. The lowest BCUT2D eigenvalue weighted by molar-refractivity contribution is -0.133. The topological polar surface area (TPSA) is 23.6 Å². The Labute approximate surface area is 144 Å². The number of likely N-dealkylation sites (N-methyl/N-ethyl adjacent to an activating group) is 1. The molecular weight excluding hydrogens is 308 g/mol. The van der Waals surface area contributed by atoms with Gasteiger partial charge >= 0.3 is 0 Å². The lowest BCUT2D eigenvalue weighted by atomic mass is 9.88. The van der Waals surface area contributed by atoms with Crippen LogP contribution in [0.2, 0.25) is 5.02 Å². The van der Waals surface area contributed by atoms with E-state index in [-0.39, 0.29) is 5.91 Å². The van der Waals surface area contributed by atoms with Gasteiger partial charge in [0.05, 0.1) is 6.42 Å². The van der Waals surface area contributed by atoms with Gasteiger partial charge in [-0.05, 0) is 56.5 Å². The number of amides is 1. The average Bonchev–Trinajstić information content (AvgIpc) is 3.10. The summed E-state index contributed by atoms with van der Waals surface area (Å²) in [6, 6.07) is 8.56. The maximum Gasteiger partial charge on any atom is 0.227 e. The predicted octanol–water partition coefficient (Wildman–Crippen LogP) is 3.75. The van der Waals surface area contributed by atoms with Crippen LogP contribution in [0.15, 0.2) is 24.3 Å². The van der Waals surface area contributed by atoms with Crippen LogP contribution < -0.4 is 0 Å². The van der Waals surface area contributed by atoms with Crippen molar-refractivity contribution in [2.75, 3.05) is 20.1 Å². The molecule has 23 heavy (non-hydrogen) atoms. The molecule has 1 amide bonds. The highest BCUT2D eigenvalue weighted by Crippen LogP contribution is 2.29. The van der Waals surface area contributed by atoms with E-state index >= 15 is 0 Å². The van der Waals surface area contributed by atoms with Gasteiger partial charge in [0.25, 0.3) is 0 Å². The largest absolute Gasteiger partial charge is 0.341 e. The summed E-state index contributed by atoms with van der Waals surface area (Å²) in [5.74, 6) is 0.225. The van der Waals surface area contributed by atoms with Crippen molar-refractivity contribution in [1.82, 2.24) is 9.80 Å². The van der Waals surface area contributed by atoms with E-state index in [9.17, 15) is 4.79 Å². The van der Waals surface area contributed by atoms with E-state index in [0.717, 1.165) is 17.0 Å². The molecular formula is C19H27ClN2O. The molecule has 2 fully saturated rings. The molecule has 1 saturated heterocycles. The molecule has 1 saturated carbocycles. The Morgan fingerprint density at radius 3 is 2.48 bits per heavy atom. The van der Waals surface area contributed by atoms with E-state index < -0.39 is 0 Å². The van der Waals surface area contributed by atoms with Gasteiger partial charge in [0, 0.05) is 24.2 Å². The second-order valence-corrected chi connectivity index (χ2v) is 7.41. The van der Waals surface area contributed by atoms with E-state index in [1.807, 2.05) is 36.2 Å². The van der Waals surface area contributed by atoms with Crippen molar-refractivity contribution < 1.29 is 4.79 Å². The van der Waals surface area contributed by atoms with Crippen molar-refractivity contribution in [3.05, 3.63) is 34.9 Å². The second kappa shape index (κ2) is 7.67. The third-order valence-electron chi connectivity index (χ3n) is 5.46. The quantitative estimate of drug-likeness (QED) is 0.837. The van der Waals surface area contributed by atoms with E-state index in [0.29, 0.717) is 18.5 Å². The van der Waals surface area contributed by atoms with E-state index in [4.69, 9.17) is 11.6 Å². The summed E-state index contributed by atoms with van der Waals surface area (Å²) in [6.45, 7) is 2.42. The molecule has 1 aromatic carbocycles. The van der Waals surface area contributed by atoms with Crippen molar-refractivity contribution in [3.8, 4) is 0 Å². The highest BCUT2D eigenvalue weighted by molar-refractivity contribution is 6.30. The number of halogens is 1. The van der Waals surface area contributed by atoms with E-state index in [1.54, 1.807) is 0 Å². The molecule has 4 heteroatoms. The molecule has 0 N–H and O–H groups in total. The third kappa shape index (κ3) is 4.07. The lowest BCUT2D eigenvalue weighted by Crippen LogP contribution is -2.53. The fraction of sp³-hybridized carbons (Fsp3) is 0.632. The van der Waals surface area contributed by atoms with E-state index in [2.05, 4.69) is 4.90 Å². The van der Waals surface area contributed by atoms with Gasteiger partial charge in [0.15, 0.2) is 0 Å². The van der Waals surface area contributed by atoms with Gasteiger partial charge in [-0.2, -0.15) is 0 Å². The molecule has 2 aliphatic rings. The minimum atomic E-state index is 0.225. The zero-order valence-electron chi connectivity index (χ0n) is 14.0. The number of hydrogen-bond donors (Lipinski definition) is 0. The molecule has 1 aliphatic heterocycles. The highest BCUT2D eigenvalue weighted by atomic mass is 35.5. The first kappa shape index (κ1) is 16.8. The zero-order valence-corrected chi connectivity index (χ0v) is 14.8. The fourth-order valence-electron chi connectivity index (χ4n) is 4.13. The molecule has 3 nitrogen and oxygen atoms in total. The molecule has 0 bridgehead atoms. The summed E-state index contributed by atoms with van der Waals surface area (Å²) in [4.78, 5) is 17.4. The van der Waals surface area contributed by atoms with Crippen LogP contribution in [0.1, 0.15) is 44.1 Å². The molecule has 126 valence electrons. The molecule has 1 unspecified atom stereocenters. The Kier molecular flexibility index (Phi) is 5.60. The summed E-state index contributed by atoms with van der Waals surface area (Å²) in [5, 5.41) is 0.718. The van der Waals surface area contributed by atoms with Crippen molar-refractivity contribution >= 4 is 17.5 Å². The van der Waals surface area contributed by atoms with Crippen LogP contribution >= 0.6 is 11.6 Å². The lowest BCUT2D eigenvalue weighted by Gasteiger charge is -2.42. The summed E-state index contributed by atoms with van der Waals surface area (Å²) >= 11 is 5.92. The summed E-state index contributed by atoms with van der Waals surface area (Å²) in [5.41, 5.74) is 1.04. The molecule has 2 atom stereocenters. The van der Waals surface area contributed by atoms with Gasteiger partial charge in [0.2, 0.25) is 5.91 Å². The molecule has 1 aromatic rings. The summed E-state index contributed by atoms with van der Waals surface area (Å²) in [7, 11) is 2.00. The van der Waals surface area contributed by atoms with Gasteiger partial charge in [-0.25, -0.2) is 0 Å². The second-order valence-electron chi connectivity index (χ2n) is 6.97. The van der Waals surface area contributed by atoms with Crippen LogP contribution in [0.25, 0.3) is 0 Å². The zero-order chi connectivity index (χ0) is 16.2. The van der Waals surface area contributed by atoms with Crippen LogP contribution in [-0.4, -0.2) is 47.9 Å². The Morgan fingerprint density at radius 1 is 1.13 bits per heavy atom. The van der Waals surface area contributed by atoms with Crippen LogP contribution in [0, 0.1) is 0 Å². The maximum atomic E-state index is 12.7. The van der Waals surface area contributed by atoms with Crippen molar-refractivity contribution in [2.45, 2.75) is 57.0 Å². The van der Waals surface area contributed by atoms with Crippen LogP contribution in [0.4, 0.5) is 0 Å². The number of carbonyl (C=O) groups excluding carboxylic acids is 1. The van der Waals surface area contributed by atoms with Crippen LogP contribution in [0.5, 0.6) is 0 Å². The van der Waals surface area contributed by atoms with Crippen LogP contribution in [-0.2, 0) is 11.2 Å². The molecule has 1 aliphatic carbocycles. The molecule has 0 radical (unpaired) electrons. The predicted molar refractivity (Wildman–Crippen MR) is 94.8 cm³/mol. The first-order chi connectivity index (χ1) is 11.1. The number of benzene rings is 1. The molecule has 0 spiro atoms. The standard InChI is InChI=1S/C19H27ClN2O/c1-21(19(23)14-15-8-10-16(20)11-9-15)17-6-2-3-7-18(17)22-12-4-5-13-22/h8-11,17-18H,2-7,12-14H2,1H3/t17?,18-/m0/s1. The van der Waals surface area contributed by atoms with Crippen molar-refractivity contribution in [1.29, 1.82) is 0 Å². The van der Waals surface area contributed by atoms with Gasteiger partial charge in [-0.3, -0.25) is 9.69 Å². The van der Waals surface area contributed by atoms with Crippen molar-refractivity contribution in [3.63, 3.8) is 0 Å². The Balaban J connectivity index is 1.65. The number of rotatable bonds is 4. The molecule has 3 rings (SSSR count). The minimum absolute atomic E-state index is 0.225. The van der Waals surface area contributed by atoms with Crippen LogP contribution in [0.3, 0.4) is 0 Å². The monoisotopic (exact) mass is 334 g/mol. The molecule has 1 heterocycles. The van der Waals surface area contributed by atoms with Crippen molar-refractivity contribution in [2.24, 2.45) is 0 Å². The first-order valence-corrected chi connectivity index (χ1v) is 9.27. The number of nitrogens with zero attached hydrogens (tertiary/aromatic N) is 2. The van der Waals surface area contributed by atoms with Gasteiger partial charge in [-0.15, -0.1) is 0 Å². The average molecular weight is 335 g/mol. The summed E-state index contributed by atoms with van der Waals surface area (Å²) in [6.07, 6.45) is 8.02.